The summed E-state index contributed by atoms with van der Waals surface area (Å²) in [4.78, 5) is 4.11. The molecule has 0 fully saturated rings. The van der Waals surface area contributed by atoms with Gasteiger partial charge in [0.25, 0.3) is 0 Å². The van der Waals surface area contributed by atoms with Crippen molar-refractivity contribution in [3.63, 3.8) is 0 Å². The largest absolute Gasteiger partial charge is 0.333 e. The van der Waals surface area contributed by atoms with Crippen molar-refractivity contribution in [2.75, 3.05) is 71.8 Å². The molecule has 0 rings (SSSR count). The molecule has 0 aromatic rings. The number of nitrogens with zero attached hydrogens (tertiary/aromatic N) is 2. The molecule has 0 aromatic carbocycles. The lowest BCUT2D eigenvalue weighted by Gasteiger charge is -2.05. The second-order valence-electron chi connectivity index (χ2n) is 3.39. The molecule has 0 aliphatic rings. The maximum atomic E-state index is 4.50. The Labute approximate surface area is 151 Å². The molecule has 124 valence electrons. The van der Waals surface area contributed by atoms with Crippen LogP contribution in [-0.4, -0.2) is 81.6 Å². The van der Waals surface area contributed by atoms with Crippen molar-refractivity contribution < 1.29 is 0 Å². The van der Waals surface area contributed by atoms with Crippen LogP contribution in [0.15, 0.2) is 0 Å². The molecule has 8 heteroatoms. The molecule has 0 radical (unpaired) electrons. The summed E-state index contributed by atoms with van der Waals surface area (Å²) in [5.41, 5.74) is 5.45. The number of hydrogen-bond donors (Lipinski definition) is 3. The lowest BCUT2D eigenvalue weighted by Crippen LogP contribution is -2.24. The van der Waals surface area contributed by atoms with E-state index in [4.69, 9.17) is 0 Å². The predicted octanol–water partition coefficient (Wildman–Crippen LogP) is 1.81. The van der Waals surface area contributed by atoms with Crippen molar-refractivity contribution in [3.05, 3.63) is 0 Å². The Bertz CT molecular complexity index is 99.2. The first-order valence-corrected chi connectivity index (χ1v) is 9.42. The summed E-state index contributed by atoms with van der Waals surface area (Å²) >= 11 is 8.58. The standard InChI is InChI=1S/C4H12N2.C3H8BrN.C2H7N.CH2BrI.CH5N/c1-5-4-6(2)3;1-5(2)3-4;1-3-2;2-1-3;1-2/h5H,4H2,1-3H3;3H2,1-2H3;3H,1-2H3;1H2;2H2,1H3. The molecule has 0 saturated heterocycles. The summed E-state index contributed by atoms with van der Waals surface area (Å²) in [5, 5.41) is 5.74. The van der Waals surface area contributed by atoms with Crippen LogP contribution in [0.4, 0.5) is 0 Å². The van der Waals surface area contributed by atoms with Gasteiger partial charge in [-0.1, -0.05) is 54.5 Å². The summed E-state index contributed by atoms with van der Waals surface area (Å²) < 4.78 is 1.03. The third kappa shape index (κ3) is 142. The number of rotatable bonds is 3. The number of halogens is 3. The van der Waals surface area contributed by atoms with Crippen LogP contribution < -0.4 is 16.4 Å². The third-order valence-electron chi connectivity index (χ3n) is 0.713. The zero-order valence-corrected chi connectivity index (χ0v) is 19.1. The fourth-order valence-electron chi connectivity index (χ4n) is 0.316. The van der Waals surface area contributed by atoms with Crippen molar-refractivity contribution in [2.24, 2.45) is 5.73 Å². The van der Waals surface area contributed by atoms with Crippen LogP contribution in [0.25, 0.3) is 0 Å². The fourth-order valence-corrected chi connectivity index (χ4v) is 0.316. The summed E-state index contributed by atoms with van der Waals surface area (Å²) in [7, 11) is 15.2. The van der Waals surface area contributed by atoms with E-state index in [-0.39, 0.29) is 0 Å². The lowest BCUT2D eigenvalue weighted by molar-refractivity contribution is 0.385. The van der Waals surface area contributed by atoms with Crippen LogP contribution in [0.3, 0.4) is 0 Å². The Kier molecular flexibility index (Phi) is 72.9. The molecule has 19 heavy (non-hydrogen) atoms. The molecule has 0 saturated carbocycles. The monoisotopic (exact) mass is 521 g/mol. The van der Waals surface area contributed by atoms with Gasteiger partial charge in [0.1, 0.15) is 0 Å². The summed E-state index contributed by atoms with van der Waals surface area (Å²) in [6, 6.07) is 0. The second-order valence-corrected chi connectivity index (χ2v) is 7.31. The van der Waals surface area contributed by atoms with E-state index in [0.29, 0.717) is 0 Å². The van der Waals surface area contributed by atoms with E-state index < -0.39 is 0 Å². The minimum absolute atomic E-state index is 0.951. The van der Waals surface area contributed by atoms with E-state index in [1.54, 1.807) is 0 Å². The van der Waals surface area contributed by atoms with Gasteiger partial charge < -0.3 is 16.4 Å². The zero-order chi connectivity index (χ0) is 16.7. The minimum Gasteiger partial charge on any atom is -0.333 e. The molecule has 0 unspecified atom stereocenters. The molecule has 0 spiro atoms. The van der Waals surface area contributed by atoms with Crippen molar-refractivity contribution in [1.82, 2.24) is 20.4 Å². The highest BCUT2D eigenvalue weighted by Gasteiger charge is 1.77. The molecule has 0 aromatic heterocycles. The topological polar surface area (TPSA) is 56.6 Å². The maximum Gasteiger partial charge on any atom is 0.0552 e. The Morgan fingerprint density at radius 3 is 1.16 bits per heavy atom. The molecule has 0 amide bonds. The zero-order valence-electron chi connectivity index (χ0n) is 13.7. The number of nitrogens with one attached hydrogen (secondary N) is 2. The van der Waals surface area contributed by atoms with E-state index in [2.05, 4.69) is 75.7 Å². The van der Waals surface area contributed by atoms with E-state index in [1.807, 2.05) is 54.2 Å². The first kappa shape index (κ1) is 32.4. The Balaban J connectivity index is -0.0000000457. The van der Waals surface area contributed by atoms with Gasteiger partial charge in [-0.05, 0) is 56.4 Å². The van der Waals surface area contributed by atoms with Crippen molar-refractivity contribution >= 4 is 54.5 Å². The van der Waals surface area contributed by atoms with E-state index in [0.717, 1.165) is 15.5 Å². The third-order valence-corrected chi connectivity index (χ3v) is 1.72. The van der Waals surface area contributed by atoms with Crippen LogP contribution in [0, 0.1) is 0 Å². The van der Waals surface area contributed by atoms with Crippen LogP contribution in [0.5, 0.6) is 0 Å². The first-order valence-electron chi connectivity index (χ1n) is 5.65. The Morgan fingerprint density at radius 1 is 0.947 bits per heavy atom. The molecule has 0 atom stereocenters. The Morgan fingerprint density at radius 2 is 1.16 bits per heavy atom. The van der Waals surface area contributed by atoms with Gasteiger partial charge in [-0.2, -0.15) is 0 Å². The van der Waals surface area contributed by atoms with Gasteiger partial charge in [0, 0.05) is 6.67 Å². The van der Waals surface area contributed by atoms with E-state index in [1.165, 1.54) is 7.05 Å². The van der Waals surface area contributed by atoms with Gasteiger partial charge in [0.05, 0.1) is 8.79 Å². The van der Waals surface area contributed by atoms with Crippen LogP contribution in [-0.2, 0) is 0 Å². The highest BCUT2D eigenvalue weighted by Crippen LogP contribution is 1.84. The van der Waals surface area contributed by atoms with E-state index in [9.17, 15) is 0 Å². The number of alkyl halides is 3. The van der Waals surface area contributed by atoms with Crippen LogP contribution in [0.2, 0.25) is 0 Å². The highest BCUT2D eigenvalue weighted by atomic mass is 127. The molecular formula is C11H34Br2IN5. The average molecular weight is 523 g/mol. The summed E-state index contributed by atoms with van der Waals surface area (Å²) in [6.45, 7) is 0.958. The van der Waals surface area contributed by atoms with Crippen molar-refractivity contribution in [3.8, 4) is 0 Å². The summed E-state index contributed by atoms with van der Waals surface area (Å²) in [5.74, 6) is 0. The Hall–Kier alpha value is 1.49. The summed E-state index contributed by atoms with van der Waals surface area (Å²) in [6.07, 6.45) is 0. The highest BCUT2D eigenvalue weighted by molar-refractivity contribution is 14.1. The maximum absolute atomic E-state index is 4.50. The van der Waals surface area contributed by atoms with Gasteiger partial charge in [0.2, 0.25) is 0 Å². The quantitative estimate of drug-likeness (QED) is 0.228. The van der Waals surface area contributed by atoms with Crippen molar-refractivity contribution in [2.45, 2.75) is 0 Å². The van der Waals surface area contributed by atoms with Gasteiger partial charge in [-0.3, -0.25) is 9.80 Å². The van der Waals surface area contributed by atoms with Crippen LogP contribution >= 0.6 is 54.5 Å². The van der Waals surface area contributed by atoms with Gasteiger partial charge >= 0.3 is 0 Å². The van der Waals surface area contributed by atoms with Gasteiger partial charge in [0.15, 0.2) is 0 Å². The smallest absolute Gasteiger partial charge is 0.0552 e. The molecule has 0 aliphatic carbocycles. The molecule has 0 bridgehead atoms. The van der Waals surface area contributed by atoms with Crippen LogP contribution in [0.1, 0.15) is 0 Å². The second kappa shape index (κ2) is 42.7. The first-order chi connectivity index (χ1) is 8.87. The van der Waals surface area contributed by atoms with Gasteiger partial charge in [-0.25, -0.2) is 0 Å². The average Bonchev–Trinajstić information content (AvgIpc) is 2.34. The lowest BCUT2D eigenvalue weighted by atomic mass is 10.9. The van der Waals surface area contributed by atoms with Crippen molar-refractivity contribution in [1.29, 1.82) is 0 Å². The minimum atomic E-state index is 0.951. The molecule has 4 N–H and O–H groups in total. The predicted molar refractivity (Wildman–Crippen MR) is 108 cm³/mol. The molecule has 0 aliphatic heterocycles. The SMILES string of the molecule is BrCI.CN.CN(C)CBr.CNC.CNCN(C)C. The van der Waals surface area contributed by atoms with E-state index >= 15 is 0 Å². The number of nitrogens with two attached hydrogens (primary N) is 1. The number of hydrogen-bond acceptors (Lipinski definition) is 5. The molecular weight excluding hydrogens is 489 g/mol. The molecule has 0 heterocycles. The molecule has 5 nitrogen and oxygen atoms in total. The normalized spacial score (nSPS) is 7.89. The van der Waals surface area contributed by atoms with Gasteiger partial charge in [-0.15, -0.1) is 0 Å². The fraction of sp³-hybridized carbons (Fsp3) is 1.00.